The minimum atomic E-state index is -3.52. The monoisotopic (exact) mass is 411 g/mol. The van der Waals surface area contributed by atoms with Crippen LogP contribution in [0.3, 0.4) is 0 Å². The number of sulfonamides is 1. The molecule has 1 fully saturated rings. The van der Waals surface area contributed by atoms with Gasteiger partial charge in [-0.2, -0.15) is 9.29 Å². The number of nitrogens with zero attached hydrogens (tertiary/aromatic N) is 3. The van der Waals surface area contributed by atoms with Crippen LogP contribution in [0.25, 0.3) is 11.4 Å². The Labute approximate surface area is 171 Å². The Morgan fingerprint density at radius 3 is 2.48 bits per heavy atom. The quantitative estimate of drug-likeness (QED) is 0.621. The van der Waals surface area contributed by atoms with Crippen molar-refractivity contribution < 1.29 is 12.9 Å². The molecule has 7 heteroatoms. The van der Waals surface area contributed by atoms with E-state index in [9.17, 15) is 8.42 Å². The number of rotatable bonds is 5. The van der Waals surface area contributed by atoms with Crippen LogP contribution in [0.5, 0.6) is 0 Å². The molecule has 0 amide bonds. The summed E-state index contributed by atoms with van der Waals surface area (Å²) >= 11 is 0. The fraction of sp³-hybridized carbons (Fsp3) is 0.364. The predicted octanol–water partition coefficient (Wildman–Crippen LogP) is 4.43. The van der Waals surface area contributed by atoms with E-state index in [1.807, 2.05) is 18.2 Å². The van der Waals surface area contributed by atoms with Crippen LogP contribution < -0.4 is 0 Å². The van der Waals surface area contributed by atoms with E-state index in [0.29, 0.717) is 35.6 Å². The third-order valence-corrected chi connectivity index (χ3v) is 7.27. The summed E-state index contributed by atoms with van der Waals surface area (Å²) in [5.74, 6) is 1.40. The van der Waals surface area contributed by atoms with Gasteiger partial charge in [-0.25, -0.2) is 8.42 Å². The van der Waals surface area contributed by atoms with Crippen LogP contribution in [0, 0.1) is 0 Å². The molecular formula is C22H25N3O3S. The van der Waals surface area contributed by atoms with Gasteiger partial charge in [-0.15, -0.1) is 0 Å². The van der Waals surface area contributed by atoms with Crippen molar-refractivity contribution in [2.24, 2.45) is 0 Å². The Balaban J connectivity index is 1.52. The van der Waals surface area contributed by atoms with Crippen molar-refractivity contribution in [1.29, 1.82) is 0 Å². The van der Waals surface area contributed by atoms with Crippen LogP contribution in [0.15, 0.2) is 64.0 Å². The van der Waals surface area contributed by atoms with Gasteiger partial charge in [0.1, 0.15) is 0 Å². The first kappa shape index (κ1) is 19.8. The summed E-state index contributed by atoms with van der Waals surface area (Å²) in [6, 6.07) is 16.7. The van der Waals surface area contributed by atoms with Crippen LogP contribution in [-0.4, -0.2) is 36.0 Å². The second kappa shape index (κ2) is 8.08. The van der Waals surface area contributed by atoms with Crippen LogP contribution in [0.1, 0.15) is 50.0 Å². The summed E-state index contributed by atoms with van der Waals surface area (Å²) in [5.41, 5.74) is 2.15. The number of piperidine rings is 1. The molecule has 6 nitrogen and oxygen atoms in total. The molecule has 0 bridgehead atoms. The van der Waals surface area contributed by atoms with Gasteiger partial charge >= 0.3 is 0 Å². The summed E-state index contributed by atoms with van der Waals surface area (Å²) in [6.45, 7) is 5.16. The molecule has 3 aromatic rings. The first-order valence-corrected chi connectivity index (χ1v) is 11.4. The van der Waals surface area contributed by atoms with Gasteiger partial charge in [0.2, 0.25) is 21.7 Å². The van der Waals surface area contributed by atoms with Gasteiger partial charge in [-0.05, 0) is 36.5 Å². The highest BCUT2D eigenvalue weighted by Gasteiger charge is 2.33. The Hall–Kier alpha value is -2.51. The minimum absolute atomic E-state index is 0.0987. The molecule has 1 atom stereocenters. The lowest BCUT2D eigenvalue weighted by atomic mass is 9.99. The minimum Gasteiger partial charge on any atom is -0.339 e. The van der Waals surface area contributed by atoms with Gasteiger partial charge in [0.05, 0.1) is 10.8 Å². The first-order valence-electron chi connectivity index (χ1n) is 9.94. The summed E-state index contributed by atoms with van der Waals surface area (Å²) < 4.78 is 32.9. The maximum absolute atomic E-state index is 12.9. The van der Waals surface area contributed by atoms with Crippen LogP contribution in [-0.2, 0) is 10.0 Å². The topological polar surface area (TPSA) is 76.3 Å². The molecule has 2 heterocycles. The SMILES string of the molecule is CC(C)c1ccc(-c2noc([C@H]3CCCN(S(=O)(=O)c4ccccc4)C3)n2)cc1. The fourth-order valence-electron chi connectivity index (χ4n) is 3.64. The molecule has 0 saturated carbocycles. The zero-order valence-corrected chi connectivity index (χ0v) is 17.5. The molecule has 1 aromatic heterocycles. The summed E-state index contributed by atoms with van der Waals surface area (Å²) in [4.78, 5) is 4.89. The van der Waals surface area contributed by atoms with Crippen molar-refractivity contribution in [1.82, 2.24) is 14.4 Å². The molecule has 0 unspecified atom stereocenters. The molecule has 1 saturated heterocycles. The smallest absolute Gasteiger partial charge is 0.243 e. The lowest BCUT2D eigenvalue weighted by molar-refractivity contribution is 0.265. The van der Waals surface area contributed by atoms with E-state index in [-0.39, 0.29) is 5.92 Å². The van der Waals surface area contributed by atoms with Crippen molar-refractivity contribution in [3.05, 3.63) is 66.1 Å². The van der Waals surface area contributed by atoms with Gasteiger partial charge in [-0.1, -0.05) is 61.5 Å². The van der Waals surface area contributed by atoms with E-state index in [0.717, 1.165) is 18.4 Å². The van der Waals surface area contributed by atoms with E-state index < -0.39 is 10.0 Å². The van der Waals surface area contributed by atoms with Crippen molar-refractivity contribution in [3.63, 3.8) is 0 Å². The average Bonchev–Trinajstić information content (AvgIpc) is 3.25. The highest BCUT2D eigenvalue weighted by molar-refractivity contribution is 7.89. The third-order valence-electron chi connectivity index (χ3n) is 5.39. The van der Waals surface area contributed by atoms with Crippen molar-refractivity contribution >= 4 is 10.0 Å². The Bertz CT molecular complexity index is 1060. The molecular weight excluding hydrogens is 386 g/mol. The molecule has 0 spiro atoms. The standard InChI is InChI=1S/C22H25N3O3S/c1-16(2)17-10-12-18(13-11-17)21-23-22(28-24-21)19-7-6-14-25(15-19)29(26,27)20-8-4-3-5-9-20/h3-5,8-13,16,19H,6-7,14-15H2,1-2H3/t19-/m0/s1. The second-order valence-corrected chi connectivity index (χ2v) is 9.69. The fourth-order valence-corrected chi connectivity index (χ4v) is 5.18. The predicted molar refractivity (Wildman–Crippen MR) is 111 cm³/mol. The molecule has 152 valence electrons. The molecule has 1 aliphatic heterocycles. The highest BCUT2D eigenvalue weighted by atomic mass is 32.2. The number of hydrogen-bond acceptors (Lipinski definition) is 5. The molecule has 2 aromatic carbocycles. The van der Waals surface area contributed by atoms with E-state index in [2.05, 4.69) is 36.1 Å². The average molecular weight is 412 g/mol. The maximum atomic E-state index is 12.9. The zero-order chi connectivity index (χ0) is 20.4. The van der Waals surface area contributed by atoms with E-state index in [1.54, 1.807) is 24.3 Å². The highest BCUT2D eigenvalue weighted by Crippen LogP contribution is 2.30. The largest absolute Gasteiger partial charge is 0.339 e. The lowest BCUT2D eigenvalue weighted by Crippen LogP contribution is -2.39. The van der Waals surface area contributed by atoms with E-state index in [1.165, 1.54) is 9.87 Å². The molecule has 1 aliphatic rings. The van der Waals surface area contributed by atoms with Gasteiger partial charge < -0.3 is 4.52 Å². The van der Waals surface area contributed by atoms with Crippen LogP contribution >= 0.6 is 0 Å². The lowest BCUT2D eigenvalue weighted by Gasteiger charge is -2.30. The van der Waals surface area contributed by atoms with Crippen LogP contribution in [0.4, 0.5) is 0 Å². The summed E-state index contributed by atoms with van der Waals surface area (Å²) in [5, 5.41) is 4.13. The molecule has 0 N–H and O–H groups in total. The van der Waals surface area contributed by atoms with Gasteiger partial charge in [0.15, 0.2) is 0 Å². The van der Waals surface area contributed by atoms with E-state index in [4.69, 9.17) is 4.52 Å². The normalized spacial score (nSPS) is 18.2. The van der Waals surface area contributed by atoms with Crippen LogP contribution in [0.2, 0.25) is 0 Å². The zero-order valence-electron chi connectivity index (χ0n) is 16.7. The number of hydrogen-bond donors (Lipinski definition) is 0. The molecule has 29 heavy (non-hydrogen) atoms. The number of aromatic nitrogens is 2. The van der Waals surface area contributed by atoms with Crippen molar-refractivity contribution in [3.8, 4) is 11.4 Å². The van der Waals surface area contributed by atoms with Gasteiger partial charge in [-0.3, -0.25) is 0 Å². The Morgan fingerprint density at radius 2 is 1.79 bits per heavy atom. The second-order valence-electron chi connectivity index (χ2n) is 7.75. The van der Waals surface area contributed by atoms with Crippen molar-refractivity contribution in [2.45, 2.75) is 43.4 Å². The first-order chi connectivity index (χ1) is 13.9. The Kier molecular flexibility index (Phi) is 5.52. The molecule has 0 aliphatic carbocycles. The number of benzene rings is 2. The molecule has 4 rings (SSSR count). The summed E-state index contributed by atoms with van der Waals surface area (Å²) in [7, 11) is -3.52. The van der Waals surface area contributed by atoms with Gasteiger partial charge in [0, 0.05) is 18.7 Å². The Morgan fingerprint density at radius 1 is 1.07 bits per heavy atom. The van der Waals surface area contributed by atoms with E-state index >= 15 is 0 Å². The molecule has 0 radical (unpaired) electrons. The maximum Gasteiger partial charge on any atom is 0.243 e. The van der Waals surface area contributed by atoms with Gasteiger partial charge in [0.25, 0.3) is 0 Å². The third kappa shape index (κ3) is 4.11. The summed E-state index contributed by atoms with van der Waals surface area (Å²) in [6.07, 6.45) is 1.59. The van der Waals surface area contributed by atoms with Crippen molar-refractivity contribution in [2.75, 3.05) is 13.1 Å².